The van der Waals surface area contributed by atoms with Crippen molar-refractivity contribution in [2.75, 3.05) is 11.4 Å². The van der Waals surface area contributed by atoms with Crippen LogP contribution in [0.15, 0.2) is 47.5 Å². The molecule has 1 aliphatic heterocycles. The number of hydrogen-bond donors (Lipinski definition) is 0. The number of carbonyl (C=O) groups is 1. The maximum absolute atomic E-state index is 13.5. The van der Waals surface area contributed by atoms with Gasteiger partial charge in [-0.3, -0.25) is 4.90 Å². The highest BCUT2D eigenvalue weighted by atomic mass is 32.2. The van der Waals surface area contributed by atoms with E-state index in [-0.39, 0.29) is 17.0 Å². The van der Waals surface area contributed by atoms with Crippen molar-refractivity contribution in [3.63, 3.8) is 0 Å². The molecular formula is C25H33N3O4S. The molecule has 1 saturated carbocycles. The number of rotatable bonds is 5. The molecule has 2 aromatic rings. The lowest BCUT2D eigenvalue weighted by molar-refractivity contribution is 0.0547. The Kier molecular flexibility index (Phi) is 6.51. The molecule has 2 fully saturated rings. The van der Waals surface area contributed by atoms with Crippen LogP contribution in [0.4, 0.5) is 10.6 Å². The Bertz CT molecular complexity index is 1110. The van der Waals surface area contributed by atoms with Gasteiger partial charge in [0.25, 0.3) is 0 Å². The number of anilines is 1. The largest absolute Gasteiger partial charge is 0.443 e. The van der Waals surface area contributed by atoms with Crippen LogP contribution in [0.3, 0.4) is 0 Å². The van der Waals surface area contributed by atoms with Gasteiger partial charge in [-0.1, -0.05) is 23.8 Å². The Labute approximate surface area is 196 Å². The van der Waals surface area contributed by atoms with E-state index < -0.39 is 21.7 Å². The first kappa shape index (κ1) is 23.7. The van der Waals surface area contributed by atoms with Crippen LogP contribution in [0, 0.1) is 6.92 Å². The molecule has 178 valence electrons. The summed E-state index contributed by atoms with van der Waals surface area (Å²) < 4.78 is 34.3. The molecule has 1 amide bonds. The third-order valence-electron chi connectivity index (χ3n) is 6.27. The van der Waals surface area contributed by atoms with Crippen molar-refractivity contribution in [3.8, 4) is 0 Å². The van der Waals surface area contributed by atoms with Crippen molar-refractivity contribution in [2.24, 2.45) is 0 Å². The van der Waals surface area contributed by atoms with Gasteiger partial charge in [-0.25, -0.2) is 18.2 Å². The number of pyridine rings is 1. The van der Waals surface area contributed by atoms with Gasteiger partial charge in [0, 0.05) is 24.3 Å². The molecule has 8 heteroatoms. The summed E-state index contributed by atoms with van der Waals surface area (Å²) in [5.41, 5.74) is 1.13. The van der Waals surface area contributed by atoms with Gasteiger partial charge in [0.2, 0.25) is 10.0 Å². The van der Waals surface area contributed by atoms with Crippen LogP contribution in [-0.2, 0) is 14.8 Å². The predicted molar refractivity (Wildman–Crippen MR) is 128 cm³/mol. The fourth-order valence-electron chi connectivity index (χ4n) is 4.42. The van der Waals surface area contributed by atoms with E-state index in [0.717, 1.165) is 36.8 Å². The zero-order valence-corrected chi connectivity index (χ0v) is 20.6. The fraction of sp³-hybridized carbons (Fsp3) is 0.520. The summed E-state index contributed by atoms with van der Waals surface area (Å²) in [5.74, 6) is 0.507. The minimum Gasteiger partial charge on any atom is -0.443 e. The van der Waals surface area contributed by atoms with Gasteiger partial charge in [0.15, 0.2) is 0 Å². The van der Waals surface area contributed by atoms with Gasteiger partial charge < -0.3 is 4.74 Å². The minimum absolute atomic E-state index is 0.0112. The van der Waals surface area contributed by atoms with Crippen LogP contribution < -0.4 is 4.90 Å². The predicted octanol–water partition coefficient (Wildman–Crippen LogP) is 5.21. The topological polar surface area (TPSA) is 79.8 Å². The Morgan fingerprint density at radius 2 is 1.79 bits per heavy atom. The summed E-state index contributed by atoms with van der Waals surface area (Å²) in [6, 6.07) is 10.3. The van der Waals surface area contributed by atoms with E-state index in [2.05, 4.69) is 4.98 Å². The number of benzene rings is 1. The second-order valence-corrected chi connectivity index (χ2v) is 11.8. The zero-order chi connectivity index (χ0) is 23.8. The molecule has 4 rings (SSSR count). The number of sulfonamides is 1. The van der Waals surface area contributed by atoms with Crippen LogP contribution in [0.5, 0.6) is 0 Å². The number of ether oxygens (including phenoxy) is 1. The minimum atomic E-state index is -3.69. The third kappa shape index (κ3) is 4.92. The first-order valence-electron chi connectivity index (χ1n) is 11.6. The monoisotopic (exact) mass is 471 g/mol. The summed E-state index contributed by atoms with van der Waals surface area (Å²) in [6.07, 6.45) is 5.46. The van der Waals surface area contributed by atoms with Crippen molar-refractivity contribution in [3.05, 3.63) is 53.7 Å². The van der Waals surface area contributed by atoms with E-state index in [1.165, 1.54) is 0 Å². The van der Waals surface area contributed by atoms with E-state index in [1.54, 1.807) is 27.5 Å². The Balaban J connectivity index is 1.72. The molecule has 33 heavy (non-hydrogen) atoms. The standard InChI is InChI=1S/C25H33N3O4S/c1-18-12-14-20(15-13-18)33(30,31)27-17-7-11-22(27)21-10-6-16-26-23(21)28(19-8-5-9-19)24(29)32-25(2,3)4/h6,10,12-16,19,22H,5,7-9,11,17H2,1-4H3/t22-/m0/s1. The Morgan fingerprint density at radius 3 is 2.39 bits per heavy atom. The Hall–Kier alpha value is -2.45. The molecule has 0 bridgehead atoms. The van der Waals surface area contributed by atoms with Crippen molar-refractivity contribution in [2.45, 2.75) is 82.4 Å². The van der Waals surface area contributed by atoms with Gasteiger partial charge >= 0.3 is 6.09 Å². The number of amides is 1. The summed E-state index contributed by atoms with van der Waals surface area (Å²) in [4.78, 5) is 19.7. The van der Waals surface area contributed by atoms with Crippen molar-refractivity contribution < 1.29 is 17.9 Å². The molecule has 1 aromatic carbocycles. The van der Waals surface area contributed by atoms with Crippen molar-refractivity contribution >= 4 is 21.9 Å². The summed E-state index contributed by atoms with van der Waals surface area (Å²) in [7, 11) is -3.69. The van der Waals surface area contributed by atoms with E-state index in [0.29, 0.717) is 18.8 Å². The smallest absolute Gasteiger partial charge is 0.416 e. The molecule has 1 aromatic heterocycles. The van der Waals surface area contributed by atoms with Crippen molar-refractivity contribution in [1.29, 1.82) is 0 Å². The van der Waals surface area contributed by atoms with E-state index in [4.69, 9.17) is 4.74 Å². The highest BCUT2D eigenvalue weighted by Crippen LogP contribution is 2.42. The molecule has 1 aliphatic carbocycles. The van der Waals surface area contributed by atoms with Crippen LogP contribution in [0.1, 0.15) is 70.0 Å². The molecule has 0 radical (unpaired) electrons. The second kappa shape index (κ2) is 9.06. The molecule has 0 unspecified atom stereocenters. The first-order valence-corrected chi connectivity index (χ1v) is 13.1. The van der Waals surface area contributed by atoms with Gasteiger partial charge in [0.1, 0.15) is 11.4 Å². The lowest BCUT2D eigenvalue weighted by atomic mass is 9.91. The van der Waals surface area contributed by atoms with Crippen molar-refractivity contribution in [1.82, 2.24) is 9.29 Å². The summed E-state index contributed by atoms with van der Waals surface area (Å²) >= 11 is 0. The average Bonchev–Trinajstić information content (AvgIpc) is 3.20. The highest BCUT2D eigenvalue weighted by molar-refractivity contribution is 7.89. The van der Waals surface area contributed by atoms with Crippen LogP contribution >= 0.6 is 0 Å². The van der Waals surface area contributed by atoms with Crippen LogP contribution in [-0.4, -0.2) is 42.0 Å². The average molecular weight is 472 g/mol. The van der Waals surface area contributed by atoms with Crippen LogP contribution in [0.2, 0.25) is 0 Å². The zero-order valence-electron chi connectivity index (χ0n) is 19.8. The van der Waals surface area contributed by atoms with Gasteiger partial charge in [-0.15, -0.1) is 0 Å². The SMILES string of the molecule is Cc1ccc(S(=O)(=O)N2CCC[C@H]2c2cccnc2N(C(=O)OC(C)(C)C)C2CCC2)cc1. The summed E-state index contributed by atoms with van der Waals surface area (Å²) in [5, 5.41) is 0. The van der Waals surface area contributed by atoms with E-state index >= 15 is 0 Å². The fourth-order valence-corrected chi connectivity index (χ4v) is 6.09. The second-order valence-electron chi connectivity index (χ2n) is 9.94. The molecule has 0 N–H and O–H groups in total. The molecule has 1 saturated heterocycles. The Morgan fingerprint density at radius 1 is 1.09 bits per heavy atom. The first-order chi connectivity index (χ1) is 15.6. The molecule has 2 heterocycles. The number of hydrogen-bond acceptors (Lipinski definition) is 5. The molecule has 0 spiro atoms. The molecule has 1 atom stereocenters. The molecular weight excluding hydrogens is 438 g/mol. The normalized spacial score (nSPS) is 19.8. The summed E-state index contributed by atoms with van der Waals surface area (Å²) in [6.45, 7) is 7.90. The lowest BCUT2D eigenvalue weighted by Crippen LogP contribution is -2.48. The van der Waals surface area contributed by atoms with Gasteiger partial charge in [-0.2, -0.15) is 4.31 Å². The molecule has 2 aliphatic rings. The third-order valence-corrected chi connectivity index (χ3v) is 8.19. The van der Waals surface area contributed by atoms with Gasteiger partial charge in [0.05, 0.1) is 10.9 Å². The number of aromatic nitrogens is 1. The maximum Gasteiger partial charge on any atom is 0.416 e. The van der Waals surface area contributed by atoms with Gasteiger partial charge in [-0.05, 0) is 78.0 Å². The number of aryl methyl sites for hydroxylation is 1. The number of nitrogens with zero attached hydrogens (tertiary/aromatic N) is 3. The lowest BCUT2D eigenvalue weighted by Gasteiger charge is -2.39. The number of carbonyl (C=O) groups excluding carboxylic acids is 1. The van der Waals surface area contributed by atoms with E-state index in [1.807, 2.05) is 52.0 Å². The maximum atomic E-state index is 13.5. The highest BCUT2D eigenvalue weighted by Gasteiger charge is 2.41. The van der Waals surface area contributed by atoms with Crippen LogP contribution in [0.25, 0.3) is 0 Å². The van der Waals surface area contributed by atoms with E-state index in [9.17, 15) is 13.2 Å². The quantitative estimate of drug-likeness (QED) is 0.598. The molecule has 7 nitrogen and oxygen atoms in total.